The third-order valence-electron chi connectivity index (χ3n) is 3.81. The number of carbonyl (C=O) groups excluding carboxylic acids is 1. The van der Waals surface area contributed by atoms with E-state index in [9.17, 15) is 9.90 Å². The van der Waals surface area contributed by atoms with E-state index in [2.05, 4.69) is 21.5 Å². The topological polar surface area (TPSA) is 49.8 Å². The minimum absolute atomic E-state index is 0.269. The molecule has 1 aliphatic heterocycles. The molecular formula is C17H24NO3P. The number of rotatable bonds is 3. The van der Waals surface area contributed by atoms with Crippen LogP contribution >= 0.6 is 9.39 Å². The maximum Gasteiger partial charge on any atom is 0.324 e. The molecule has 0 radical (unpaired) electrons. The van der Waals surface area contributed by atoms with Gasteiger partial charge in [-0.15, -0.1) is 0 Å². The van der Waals surface area contributed by atoms with Gasteiger partial charge in [-0.25, -0.2) is 4.67 Å². The van der Waals surface area contributed by atoms with Crippen LogP contribution in [-0.2, 0) is 16.1 Å². The van der Waals surface area contributed by atoms with Crippen LogP contribution in [0, 0.1) is 0 Å². The van der Waals surface area contributed by atoms with Gasteiger partial charge in [-0.1, -0.05) is 51.9 Å². The first-order valence-electron chi connectivity index (χ1n) is 7.75. The smallest absolute Gasteiger partial charge is 0.324 e. The van der Waals surface area contributed by atoms with Gasteiger partial charge in [0.15, 0.2) is 0 Å². The van der Waals surface area contributed by atoms with Gasteiger partial charge < -0.3 is 9.84 Å². The summed E-state index contributed by atoms with van der Waals surface area (Å²) in [6.45, 7) is 0.269. The quantitative estimate of drug-likeness (QED) is 0.528. The molecule has 4 nitrogen and oxygen atoms in total. The molecule has 0 fully saturated rings. The summed E-state index contributed by atoms with van der Waals surface area (Å²) < 4.78 is 7.09. The second-order valence-electron chi connectivity index (χ2n) is 5.52. The van der Waals surface area contributed by atoms with E-state index in [0.29, 0.717) is 12.8 Å². The van der Waals surface area contributed by atoms with Gasteiger partial charge in [0, 0.05) is 0 Å². The molecule has 0 aromatic heterocycles. The van der Waals surface area contributed by atoms with Gasteiger partial charge in [-0.3, -0.25) is 4.79 Å². The molecule has 5 heteroatoms. The number of aliphatic hydroxyl groups excluding tert-OH is 1. The van der Waals surface area contributed by atoms with Gasteiger partial charge in [0.25, 0.3) is 0 Å². The average Bonchev–Trinajstić information content (AvgIpc) is 2.55. The van der Waals surface area contributed by atoms with Crippen molar-refractivity contribution in [3.63, 3.8) is 0 Å². The number of carbonyl (C=O) groups is 1. The van der Waals surface area contributed by atoms with Gasteiger partial charge in [0.1, 0.15) is 18.9 Å². The van der Waals surface area contributed by atoms with Crippen LogP contribution in [-0.4, -0.2) is 28.0 Å². The Kier molecular flexibility index (Phi) is 7.04. The first-order chi connectivity index (χ1) is 10.7. The molecule has 1 heterocycles. The largest absolute Gasteiger partial charge is 0.460 e. The molecule has 22 heavy (non-hydrogen) atoms. The number of aliphatic hydroxyl groups is 1. The molecule has 0 saturated heterocycles. The Morgan fingerprint density at radius 1 is 1.23 bits per heavy atom. The predicted molar refractivity (Wildman–Crippen MR) is 89.8 cm³/mol. The van der Waals surface area contributed by atoms with E-state index >= 15 is 0 Å². The van der Waals surface area contributed by atoms with Gasteiger partial charge in [0.2, 0.25) is 0 Å². The molecule has 0 aliphatic carbocycles. The number of nitrogens with zero attached hydrogens (tertiary/aromatic N) is 1. The second kappa shape index (κ2) is 9.04. The molecule has 0 saturated carbocycles. The standard InChI is InChI=1S/C17H24NO3P/c19-16-12-8-3-1-2-7-11-15(18(16)22)17(20)21-13-14-9-5-4-6-10-14/h1,3-6,9-10,15-16,19H,2,7-8,11-13,22H2/b3-1-. The summed E-state index contributed by atoms with van der Waals surface area (Å²) in [6, 6.07) is 9.21. The van der Waals surface area contributed by atoms with Crippen LogP contribution in [0.5, 0.6) is 0 Å². The molecule has 0 spiro atoms. The highest BCUT2D eigenvalue weighted by molar-refractivity contribution is 7.13. The molecule has 1 N–H and O–H groups in total. The van der Waals surface area contributed by atoms with Crippen molar-refractivity contribution < 1.29 is 14.6 Å². The highest BCUT2D eigenvalue weighted by Crippen LogP contribution is 2.22. The van der Waals surface area contributed by atoms with Crippen LogP contribution < -0.4 is 0 Å². The van der Waals surface area contributed by atoms with E-state index in [1.807, 2.05) is 30.3 Å². The average molecular weight is 321 g/mol. The summed E-state index contributed by atoms with van der Waals surface area (Å²) in [5.41, 5.74) is 0.967. The molecule has 1 aromatic carbocycles. The molecule has 3 atom stereocenters. The van der Waals surface area contributed by atoms with Crippen LogP contribution in [0.25, 0.3) is 0 Å². The third-order valence-corrected chi connectivity index (χ3v) is 4.51. The fourth-order valence-electron chi connectivity index (χ4n) is 2.48. The molecule has 0 amide bonds. The zero-order valence-electron chi connectivity index (χ0n) is 12.7. The van der Waals surface area contributed by atoms with E-state index in [-0.39, 0.29) is 12.6 Å². The fourth-order valence-corrected chi connectivity index (χ4v) is 2.90. The van der Waals surface area contributed by atoms with Crippen molar-refractivity contribution in [2.75, 3.05) is 0 Å². The number of benzene rings is 1. The lowest BCUT2D eigenvalue weighted by atomic mass is 10.1. The van der Waals surface area contributed by atoms with Gasteiger partial charge in [0.05, 0.1) is 0 Å². The molecule has 1 aromatic rings. The Morgan fingerprint density at radius 3 is 2.73 bits per heavy atom. The van der Waals surface area contributed by atoms with Crippen LogP contribution in [0.4, 0.5) is 0 Å². The summed E-state index contributed by atoms with van der Waals surface area (Å²) in [7, 11) is 2.49. The maximum absolute atomic E-state index is 12.4. The van der Waals surface area contributed by atoms with Crippen LogP contribution in [0.2, 0.25) is 0 Å². The molecule has 1 aliphatic rings. The van der Waals surface area contributed by atoms with Crippen molar-refractivity contribution in [2.24, 2.45) is 0 Å². The predicted octanol–water partition coefficient (Wildman–Crippen LogP) is 3.03. The first-order valence-corrected chi connectivity index (χ1v) is 8.27. The first kappa shape index (κ1) is 17.1. The Morgan fingerprint density at radius 2 is 1.95 bits per heavy atom. The number of ether oxygens (including phenoxy) is 1. The zero-order valence-corrected chi connectivity index (χ0v) is 13.9. The van der Waals surface area contributed by atoms with Crippen LogP contribution in [0.1, 0.15) is 37.7 Å². The number of allylic oxidation sites excluding steroid dienone is 2. The van der Waals surface area contributed by atoms with Crippen molar-refractivity contribution in [3.8, 4) is 0 Å². The van der Waals surface area contributed by atoms with Gasteiger partial charge in [-0.05, 0) is 37.7 Å². The van der Waals surface area contributed by atoms with Crippen molar-refractivity contribution in [1.29, 1.82) is 0 Å². The third kappa shape index (κ3) is 5.20. The van der Waals surface area contributed by atoms with E-state index in [1.54, 1.807) is 4.67 Å². The van der Waals surface area contributed by atoms with Crippen molar-refractivity contribution in [3.05, 3.63) is 48.0 Å². The Balaban J connectivity index is 1.96. The highest BCUT2D eigenvalue weighted by Gasteiger charge is 2.28. The minimum Gasteiger partial charge on any atom is -0.460 e. The summed E-state index contributed by atoms with van der Waals surface area (Å²) in [6.07, 6.45) is 7.53. The Hall–Kier alpha value is -1.22. The molecule has 2 rings (SSSR count). The van der Waals surface area contributed by atoms with Crippen molar-refractivity contribution in [1.82, 2.24) is 4.67 Å². The van der Waals surface area contributed by atoms with E-state index in [1.165, 1.54) is 0 Å². The SMILES string of the molecule is O=C(OCc1ccccc1)C1CCC/C=C\CCC(O)N1P. The Labute approximate surface area is 134 Å². The highest BCUT2D eigenvalue weighted by atomic mass is 31.0. The zero-order chi connectivity index (χ0) is 15.8. The lowest BCUT2D eigenvalue weighted by molar-refractivity contribution is -0.152. The van der Waals surface area contributed by atoms with Crippen LogP contribution in [0.15, 0.2) is 42.5 Å². The summed E-state index contributed by atoms with van der Waals surface area (Å²) >= 11 is 0. The van der Waals surface area contributed by atoms with Crippen LogP contribution in [0.3, 0.4) is 0 Å². The summed E-state index contributed by atoms with van der Waals surface area (Å²) in [5.74, 6) is -0.276. The molecular weight excluding hydrogens is 297 g/mol. The molecule has 120 valence electrons. The Bertz CT molecular complexity index is 492. The number of esters is 1. The lowest BCUT2D eigenvalue weighted by Gasteiger charge is -2.30. The summed E-state index contributed by atoms with van der Waals surface area (Å²) in [4.78, 5) is 12.4. The van der Waals surface area contributed by atoms with E-state index < -0.39 is 12.3 Å². The molecule has 3 unspecified atom stereocenters. The normalized spacial score (nSPS) is 25.4. The lowest BCUT2D eigenvalue weighted by Crippen LogP contribution is -2.42. The van der Waals surface area contributed by atoms with Crippen molar-refractivity contribution in [2.45, 2.75) is 51.0 Å². The summed E-state index contributed by atoms with van der Waals surface area (Å²) in [5, 5.41) is 10.2. The molecule has 0 bridgehead atoms. The van der Waals surface area contributed by atoms with Gasteiger partial charge in [-0.2, -0.15) is 0 Å². The monoisotopic (exact) mass is 321 g/mol. The maximum atomic E-state index is 12.4. The van der Waals surface area contributed by atoms with E-state index in [0.717, 1.165) is 24.8 Å². The van der Waals surface area contributed by atoms with Gasteiger partial charge >= 0.3 is 5.97 Å². The minimum atomic E-state index is -0.651. The second-order valence-corrected chi connectivity index (χ2v) is 6.11. The number of hydrogen-bond donors (Lipinski definition) is 1. The number of hydrogen-bond acceptors (Lipinski definition) is 4. The van der Waals surface area contributed by atoms with Crippen molar-refractivity contribution >= 4 is 15.4 Å². The van der Waals surface area contributed by atoms with E-state index in [4.69, 9.17) is 4.74 Å². The fraction of sp³-hybridized carbons (Fsp3) is 0.471.